The van der Waals surface area contributed by atoms with Gasteiger partial charge < -0.3 is 14.6 Å². The van der Waals surface area contributed by atoms with Gasteiger partial charge in [0, 0.05) is 30.8 Å². The Kier molecular flexibility index (Phi) is 2.98. The van der Waals surface area contributed by atoms with E-state index in [1.807, 2.05) is 31.3 Å². The summed E-state index contributed by atoms with van der Waals surface area (Å²) in [5, 5.41) is 7.11. The number of rotatable bonds is 3. The van der Waals surface area contributed by atoms with Crippen molar-refractivity contribution >= 4 is 5.69 Å². The average Bonchev–Trinajstić information content (AvgIpc) is 3.09. The second-order valence-corrected chi connectivity index (χ2v) is 4.35. The molecule has 5 nitrogen and oxygen atoms in total. The van der Waals surface area contributed by atoms with E-state index in [0.717, 1.165) is 30.1 Å². The maximum Gasteiger partial charge on any atom is 0.257 e. The minimum Gasteiger partial charge on any atom is -0.388 e. The highest BCUT2D eigenvalue weighted by atomic mass is 16.5. The normalized spacial score (nSPS) is 19.1. The third-order valence-corrected chi connectivity index (χ3v) is 3.16. The van der Waals surface area contributed by atoms with Crippen LogP contribution in [-0.2, 0) is 4.74 Å². The van der Waals surface area contributed by atoms with Crippen LogP contribution in [0.1, 0.15) is 18.2 Å². The lowest BCUT2D eigenvalue weighted by molar-refractivity contribution is 0.192. The van der Waals surface area contributed by atoms with Crippen molar-refractivity contribution in [3.63, 3.8) is 0 Å². The lowest BCUT2D eigenvalue weighted by atomic mass is 10.1. The first-order valence-electron chi connectivity index (χ1n) is 6.06. The Balaban J connectivity index is 1.82. The zero-order chi connectivity index (χ0) is 12.4. The molecule has 94 valence electrons. The van der Waals surface area contributed by atoms with Crippen LogP contribution < -0.4 is 5.32 Å². The predicted molar refractivity (Wildman–Crippen MR) is 67.5 cm³/mol. The molecule has 1 fully saturated rings. The Morgan fingerprint density at radius 1 is 1.28 bits per heavy atom. The van der Waals surface area contributed by atoms with Crippen molar-refractivity contribution in [2.45, 2.75) is 12.3 Å². The number of hydrogen-bond acceptors (Lipinski definition) is 5. The number of hydrogen-bond donors (Lipinski definition) is 1. The highest BCUT2D eigenvalue weighted by molar-refractivity contribution is 5.58. The molecular formula is C13H15N3O2. The number of nitrogens with one attached hydrogen (secondary N) is 1. The molecule has 1 aliphatic heterocycles. The van der Waals surface area contributed by atoms with Crippen molar-refractivity contribution in [2.24, 2.45) is 0 Å². The number of anilines is 1. The summed E-state index contributed by atoms with van der Waals surface area (Å²) < 4.78 is 10.6. The molecule has 1 unspecified atom stereocenters. The van der Waals surface area contributed by atoms with E-state index in [9.17, 15) is 0 Å². The lowest BCUT2D eigenvalue weighted by Gasteiger charge is -1.99. The van der Waals surface area contributed by atoms with Gasteiger partial charge in [-0.3, -0.25) is 0 Å². The van der Waals surface area contributed by atoms with Crippen LogP contribution in [0.3, 0.4) is 0 Å². The summed E-state index contributed by atoms with van der Waals surface area (Å²) in [7, 11) is 1.89. The van der Waals surface area contributed by atoms with Crippen molar-refractivity contribution in [3.8, 4) is 11.5 Å². The van der Waals surface area contributed by atoms with Crippen LogP contribution in [0.5, 0.6) is 0 Å². The van der Waals surface area contributed by atoms with Crippen LogP contribution in [-0.4, -0.2) is 30.4 Å². The molecule has 1 saturated heterocycles. The van der Waals surface area contributed by atoms with E-state index in [0.29, 0.717) is 12.5 Å². The Morgan fingerprint density at radius 3 is 2.78 bits per heavy atom. The van der Waals surface area contributed by atoms with Gasteiger partial charge >= 0.3 is 0 Å². The van der Waals surface area contributed by atoms with Crippen LogP contribution in [0.25, 0.3) is 11.5 Å². The molecule has 0 bridgehead atoms. The van der Waals surface area contributed by atoms with Crippen LogP contribution >= 0.6 is 0 Å². The highest BCUT2D eigenvalue weighted by Gasteiger charge is 2.23. The van der Waals surface area contributed by atoms with Gasteiger partial charge in [-0.15, -0.1) is 0 Å². The summed E-state index contributed by atoms with van der Waals surface area (Å²) in [4.78, 5) is 4.44. The monoisotopic (exact) mass is 245 g/mol. The third-order valence-electron chi connectivity index (χ3n) is 3.16. The van der Waals surface area contributed by atoms with E-state index >= 15 is 0 Å². The van der Waals surface area contributed by atoms with Crippen molar-refractivity contribution < 1.29 is 9.26 Å². The number of benzene rings is 1. The molecule has 1 aliphatic rings. The molecule has 2 heterocycles. The molecule has 1 aromatic heterocycles. The zero-order valence-corrected chi connectivity index (χ0v) is 10.2. The Labute approximate surface area is 105 Å². The molecule has 0 aliphatic carbocycles. The Hall–Kier alpha value is -1.88. The summed E-state index contributed by atoms with van der Waals surface area (Å²) >= 11 is 0. The first kappa shape index (κ1) is 11.2. The zero-order valence-electron chi connectivity index (χ0n) is 10.2. The van der Waals surface area contributed by atoms with E-state index in [2.05, 4.69) is 15.5 Å². The van der Waals surface area contributed by atoms with E-state index in [1.165, 1.54) is 0 Å². The van der Waals surface area contributed by atoms with Gasteiger partial charge in [-0.25, -0.2) is 0 Å². The maximum absolute atomic E-state index is 5.33. The summed E-state index contributed by atoms with van der Waals surface area (Å²) in [6, 6.07) is 7.90. The van der Waals surface area contributed by atoms with Crippen LogP contribution in [0.2, 0.25) is 0 Å². The average molecular weight is 245 g/mol. The quantitative estimate of drug-likeness (QED) is 0.899. The van der Waals surface area contributed by atoms with Gasteiger partial charge in [0.1, 0.15) is 0 Å². The fourth-order valence-corrected chi connectivity index (χ4v) is 2.04. The molecular weight excluding hydrogens is 230 g/mol. The van der Waals surface area contributed by atoms with Gasteiger partial charge in [0.05, 0.1) is 6.61 Å². The van der Waals surface area contributed by atoms with Crippen LogP contribution in [0.15, 0.2) is 28.8 Å². The van der Waals surface area contributed by atoms with Gasteiger partial charge in [0.2, 0.25) is 0 Å². The highest BCUT2D eigenvalue weighted by Crippen LogP contribution is 2.26. The molecule has 1 N–H and O–H groups in total. The van der Waals surface area contributed by atoms with E-state index < -0.39 is 0 Å². The number of nitrogens with zero attached hydrogens (tertiary/aromatic N) is 2. The summed E-state index contributed by atoms with van der Waals surface area (Å²) in [5.74, 6) is 1.60. The molecule has 0 radical (unpaired) electrons. The smallest absolute Gasteiger partial charge is 0.257 e. The molecule has 18 heavy (non-hydrogen) atoms. The van der Waals surface area contributed by atoms with Crippen molar-refractivity contribution in [2.75, 3.05) is 25.6 Å². The standard InChI is InChI=1S/C13H15N3O2/c1-14-11-4-2-9(3-5-11)13-15-12(16-18-13)10-6-7-17-8-10/h2-5,10,14H,6-8H2,1H3. The molecule has 5 heteroatoms. The van der Waals surface area contributed by atoms with E-state index in [1.54, 1.807) is 0 Å². The van der Waals surface area contributed by atoms with Gasteiger partial charge in [0.25, 0.3) is 5.89 Å². The minimum absolute atomic E-state index is 0.277. The molecule has 0 amide bonds. The van der Waals surface area contributed by atoms with E-state index in [4.69, 9.17) is 9.26 Å². The van der Waals surface area contributed by atoms with Crippen LogP contribution in [0.4, 0.5) is 5.69 Å². The molecule has 3 rings (SSSR count). The summed E-state index contributed by atoms with van der Waals surface area (Å²) in [6.45, 7) is 1.48. The van der Waals surface area contributed by atoms with Crippen molar-refractivity contribution in [3.05, 3.63) is 30.1 Å². The fraction of sp³-hybridized carbons (Fsp3) is 0.385. The van der Waals surface area contributed by atoms with Crippen LogP contribution in [0, 0.1) is 0 Å². The molecule has 0 saturated carbocycles. The molecule has 1 aromatic carbocycles. The Morgan fingerprint density at radius 2 is 2.11 bits per heavy atom. The van der Waals surface area contributed by atoms with Crippen molar-refractivity contribution in [1.29, 1.82) is 0 Å². The molecule has 2 aromatic rings. The van der Waals surface area contributed by atoms with Gasteiger partial charge in [-0.05, 0) is 30.7 Å². The predicted octanol–water partition coefficient (Wildman–Crippen LogP) is 2.28. The number of ether oxygens (including phenoxy) is 1. The first-order valence-corrected chi connectivity index (χ1v) is 6.06. The van der Waals surface area contributed by atoms with Gasteiger partial charge in [-0.1, -0.05) is 5.16 Å². The van der Waals surface area contributed by atoms with Gasteiger partial charge in [-0.2, -0.15) is 4.98 Å². The first-order chi connectivity index (χ1) is 8.86. The summed E-state index contributed by atoms with van der Waals surface area (Å²) in [5.41, 5.74) is 1.99. The largest absolute Gasteiger partial charge is 0.388 e. The topological polar surface area (TPSA) is 60.2 Å². The molecule has 1 atom stereocenters. The number of aromatic nitrogens is 2. The van der Waals surface area contributed by atoms with Crippen molar-refractivity contribution in [1.82, 2.24) is 10.1 Å². The minimum atomic E-state index is 0.277. The SMILES string of the molecule is CNc1ccc(-c2nc(C3CCOC3)no2)cc1. The Bertz CT molecular complexity index is 515. The van der Waals surface area contributed by atoms with E-state index in [-0.39, 0.29) is 5.92 Å². The summed E-state index contributed by atoms with van der Waals surface area (Å²) in [6.07, 6.45) is 0.970. The molecule has 0 spiro atoms. The second kappa shape index (κ2) is 4.78. The third kappa shape index (κ3) is 2.09. The van der Waals surface area contributed by atoms with Gasteiger partial charge in [0.15, 0.2) is 5.82 Å². The fourth-order valence-electron chi connectivity index (χ4n) is 2.04. The lowest BCUT2D eigenvalue weighted by Crippen LogP contribution is -1.99. The second-order valence-electron chi connectivity index (χ2n) is 4.35. The maximum atomic E-state index is 5.33.